The topological polar surface area (TPSA) is 61.8 Å². The largest absolute Gasteiger partial charge is 0.454 e. The summed E-state index contributed by atoms with van der Waals surface area (Å²) < 4.78 is 16.5. The third kappa shape index (κ3) is 7.11. The normalized spacial score (nSPS) is 12.6. The Hall–Kier alpha value is -1.66. The Morgan fingerprint density at radius 3 is 2.19 bits per heavy atom. The van der Waals surface area contributed by atoms with E-state index in [0.29, 0.717) is 12.4 Å². The number of carbonyl (C=O) groups is 2. The fourth-order valence-electron chi connectivity index (χ4n) is 2.34. The SMILES string of the molecule is CC(=O)OCC(=O)Oc1ccccc1C(C)(C)CCO[Si](C)(C)C(C)(C)C. The van der Waals surface area contributed by atoms with E-state index in [2.05, 4.69) is 47.7 Å². The van der Waals surface area contributed by atoms with Crippen molar-refractivity contribution >= 4 is 20.3 Å². The summed E-state index contributed by atoms with van der Waals surface area (Å²) in [6.07, 6.45) is 0.804. The average Bonchev–Trinajstić information content (AvgIpc) is 2.52. The zero-order valence-electron chi connectivity index (χ0n) is 18.0. The van der Waals surface area contributed by atoms with E-state index in [-0.39, 0.29) is 10.5 Å². The van der Waals surface area contributed by atoms with Crippen LogP contribution in [0.1, 0.15) is 53.5 Å². The van der Waals surface area contributed by atoms with Crippen LogP contribution < -0.4 is 4.74 Å². The molecule has 0 saturated heterocycles. The lowest BCUT2D eigenvalue weighted by atomic mass is 9.81. The van der Waals surface area contributed by atoms with E-state index in [1.165, 1.54) is 6.92 Å². The Bertz CT molecular complexity index is 659. The zero-order valence-corrected chi connectivity index (χ0v) is 19.0. The molecule has 0 aromatic heterocycles. The van der Waals surface area contributed by atoms with E-state index in [9.17, 15) is 9.59 Å². The molecule has 0 spiro atoms. The predicted molar refractivity (Wildman–Crippen MR) is 110 cm³/mol. The molecule has 0 bridgehead atoms. The fourth-order valence-corrected chi connectivity index (χ4v) is 3.39. The van der Waals surface area contributed by atoms with Crippen LogP contribution in [0.15, 0.2) is 24.3 Å². The van der Waals surface area contributed by atoms with E-state index in [1.807, 2.05) is 18.2 Å². The van der Waals surface area contributed by atoms with Crippen LogP contribution in [0.25, 0.3) is 0 Å². The van der Waals surface area contributed by atoms with Gasteiger partial charge in [-0.15, -0.1) is 0 Å². The van der Waals surface area contributed by atoms with Crippen molar-refractivity contribution in [2.45, 2.75) is 71.5 Å². The number of carbonyl (C=O) groups excluding carboxylic acids is 2. The Morgan fingerprint density at radius 1 is 1.04 bits per heavy atom. The van der Waals surface area contributed by atoms with Gasteiger partial charge in [-0.1, -0.05) is 52.8 Å². The molecular formula is C21H34O5Si. The standard InChI is InChI=1S/C21H34O5Si/c1-16(22)24-15-19(23)26-18-12-10-9-11-17(18)21(5,6)13-14-25-27(7,8)20(2,3)4/h9-12H,13-15H2,1-8H3. The first kappa shape index (κ1) is 23.4. The van der Waals surface area contributed by atoms with E-state index in [0.717, 1.165) is 12.0 Å². The molecule has 5 nitrogen and oxygen atoms in total. The number of ether oxygens (including phenoxy) is 2. The van der Waals surface area contributed by atoms with Gasteiger partial charge in [0.15, 0.2) is 14.9 Å². The van der Waals surface area contributed by atoms with Gasteiger partial charge in [-0.25, -0.2) is 4.79 Å². The van der Waals surface area contributed by atoms with Crippen molar-refractivity contribution in [3.05, 3.63) is 29.8 Å². The van der Waals surface area contributed by atoms with Crippen molar-refractivity contribution < 1.29 is 23.5 Å². The highest BCUT2D eigenvalue weighted by atomic mass is 28.4. The molecule has 0 aliphatic rings. The molecule has 0 radical (unpaired) electrons. The van der Waals surface area contributed by atoms with Gasteiger partial charge in [0, 0.05) is 19.1 Å². The minimum atomic E-state index is -1.80. The molecule has 6 heteroatoms. The number of esters is 2. The molecule has 0 atom stereocenters. The van der Waals surface area contributed by atoms with Crippen LogP contribution >= 0.6 is 0 Å². The van der Waals surface area contributed by atoms with Gasteiger partial charge in [-0.05, 0) is 36.0 Å². The number of hydrogen-bond donors (Lipinski definition) is 0. The summed E-state index contributed by atoms with van der Waals surface area (Å²) >= 11 is 0. The summed E-state index contributed by atoms with van der Waals surface area (Å²) in [6, 6.07) is 7.47. The summed E-state index contributed by atoms with van der Waals surface area (Å²) in [4.78, 5) is 22.8. The molecule has 152 valence electrons. The molecular weight excluding hydrogens is 360 g/mol. The minimum Gasteiger partial charge on any atom is -0.454 e. The highest BCUT2D eigenvalue weighted by Gasteiger charge is 2.37. The Morgan fingerprint density at radius 2 is 1.63 bits per heavy atom. The van der Waals surface area contributed by atoms with Gasteiger partial charge in [0.1, 0.15) is 5.75 Å². The van der Waals surface area contributed by atoms with Gasteiger partial charge < -0.3 is 13.9 Å². The van der Waals surface area contributed by atoms with Crippen molar-refractivity contribution in [1.82, 2.24) is 0 Å². The van der Waals surface area contributed by atoms with Crippen LogP contribution in [0.4, 0.5) is 0 Å². The molecule has 27 heavy (non-hydrogen) atoms. The van der Waals surface area contributed by atoms with E-state index in [1.54, 1.807) is 6.07 Å². The fraction of sp³-hybridized carbons (Fsp3) is 0.619. The molecule has 0 unspecified atom stereocenters. The van der Waals surface area contributed by atoms with Crippen LogP contribution in [-0.4, -0.2) is 33.5 Å². The highest BCUT2D eigenvalue weighted by molar-refractivity contribution is 6.74. The molecule has 0 aliphatic carbocycles. The first-order chi connectivity index (χ1) is 12.3. The zero-order chi connectivity index (χ0) is 20.9. The molecule has 0 N–H and O–H groups in total. The van der Waals surface area contributed by atoms with E-state index in [4.69, 9.17) is 13.9 Å². The smallest absolute Gasteiger partial charge is 0.349 e. The summed E-state index contributed by atoms with van der Waals surface area (Å²) in [5, 5.41) is 0.168. The van der Waals surface area contributed by atoms with Gasteiger partial charge in [0.05, 0.1) is 0 Å². The number of benzene rings is 1. The second-order valence-corrected chi connectivity index (χ2v) is 13.8. The lowest BCUT2D eigenvalue weighted by Crippen LogP contribution is -2.41. The third-order valence-electron chi connectivity index (χ3n) is 5.23. The minimum absolute atomic E-state index is 0.168. The monoisotopic (exact) mass is 394 g/mol. The second kappa shape index (κ2) is 9.02. The maximum absolute atomic E-state index is 11.9. The summed E-state index contributed by atoms with van der Waals surface area (Å²) in [6.45, 7) is 16.9. The lowest BCUT2D eigenvalue weighted by Gasteiger charge is -2.37. The molecule has 1 aromatic carbocycles. The third-order valence-corrected chi connectivity index (χ3v) is 9.77. The van der Waals surface area contributed by atoms with Gasteiger partial charge in [-0.3, -0.25) is 4.79 Å². The summed E-state index contributed by atoms with van der Waals surface area (Å²) in [5.41, 5.74) is 0.695. The molecule has 1 rings (SSSR count). The average molecular weight is 395 g/mol. The van der Waals surface area contributed by atoms with Crippen molar-refractivity contribution in [3.8, 4) is 5.75 Å². The lowest BCUT2D eigenvalue weighted by molar-refractivity contribution is -0.152. The maximum atomic E-state index is 11.9. The molecule has 0 heterocycles. The first-order valence-electron chi connectivity index (χ1n) is 9.34. The van der Waals surface area contributed by atoms with Crippen LogP contribution in [0.3, 0.4) is 0 Å². The Balaban J connectivity index is 2.82. The quantitative estimate of drug-likeness (QED) is 0.358. The van der Waals surface area contributed by atoms with Crippen molar-refractivity contribution in [2.75, 3.05) is 13.2 Å². The van der Waals surface area contributed by atoms with Gasteiger partial charge in [0.2, 0.25) is 0 Å². The van der Waals surface area contributed by atoms with Crippen molar-refractivity contribution in [1.29, 1.82) is 0 Å². The van der Waals surface area contributed by atoms with Crippen LogP contribution in [-0.2, 0) is 24.2 Å². The highest BCUT2D eigenvalue weighted by Crippen LogP contribution is 2.38. The Kier molecular flexibility index (Phi) is 7.81. The molecule has 0 amide bonds. The van der Waals surface area contributed by atoms with E-state index >= 15 is 0 Å². The van der Waals surface area contributed by atoms with Crippen LogP contribution in [0.2, 0.25) is 18.1 Å². The summed E-state index contributed by atoms with van der Waals surface area (Å²) in [5.74, 6) is -0.610. The van der Waals surface area contributed by atoms with Crippen molar-refractivity contribution in [3.63, 3.8) is 0 Å². The number of para-hydroxylation sites is 1. The Labute approximate surface area is 164 Å². The van der Waals surface area contributed by atoms with E-state index < -0.39 is 26.9 Å². The van der Waals surface area contributed by atoms with Gasteiger partial charge in [0.25, 0.3) is 0 Å². The van der Waals surface area contributed by atoms with Crippen LogP contribution in [0.5, 0.6) is 5.75 Å². The van der Waals surface area contributed by atoms with Gasteiger partial charge >= 0.3 is 11.9 Å². The second-order valence-electron chi connectivity index (χ2n) is 8.99. The van der Waals surface area contributed by atoms with Crippen LogP contribution in [0, 0.1) is 0 Å². The van der Waals surface area contributed by atoms with Gasteiger partial charge in [-0.2, -0.15) is 0 Å². The molecule has 0 fully saturated rings. The maximum Gasteiger partial charge on any atom is 0.349 e. The first-order valence-corrected chi connectivity index (χ1v) is 12.2. The summed E-state index contributed by atoms with van der Waals surface area (Å²) in [7, 11) is -1.80. The number of hydrogen-bond acceptors (Lipinski definition) is 5. The predicted octanol–water partition coefficient (Wildman–Crippen LogP) is 4.84. The number of rotatable bonds is 8. The molecule has 1 aromatic rings. The molecule has 0 saturated carbocycles. The van der Waals surface area contributed by atoms with Crippen molar-refractivity contribution in [2.24, 2.45) is 0 Å². The molecule has 0 aliphatic heterocycles.